The maximum atomic E-state index is 5.43. The molecular formula is C13H17BrO2. The SMILES string of the molecule is CCCCCCc1ccc2c(c1Br)OCO2. The van der Waals surface area contributed by atoms with Crippen LogP contribution in [0.25, 0.3) is 0 Å². The van der Waals surface area contributed by atoms with E-state index in [1.165, 1.54) is 31.2 Å². The van der Waals surface area contributed by atoms with E-state index in [2.05, 4.69) is 28.9 Å². The molecule has 1 aliphatic rings. The third kappa shape index (κ3) is 2.51. The van der Waals surface area contributed by atoms with Crippen molar-refractivity contribution in [3.8, 4) is 11.5 Å². The van der Waals surface area contributed by atoms with Gasteiger partial charge < -0.3 is 9.47 Å². The monoisotopic (exact) mass is 284 g/mol. The lowest BCUT2D eigenvalue weighted by molar-refractivity contribution is 0.173. The Balaban J connectivity index is 1.99. The van der Waals surface area contributed by atoms with E-state index in [0.29, 0.717) is 6.79 Å². The van der Waals surface area contributed by atoms with Crippen LogP contribution in [0.2, 0.25) is 0 Å². The lowest BCUT2D eigenvalue weighted by Crippen LogP contribution is -1.93. The number of unbranched alkanes of at least 4 members (excludes halogenated alkanes) is 3. The normalized spacial score (nSPS) is 13.1. The first-order valence-electron chi connectivity index (χ1n) is 5.90. The average molecular weight is 285 g/mol. The molecule has 0 N–H and O–H groups in total. The Morgan fingerprint density at radius 3 is 2.88 bits per heavy atom. The molecule has 1 aromatic rings. The molecule has 1 aliphatic heterocycles. The topological polar surface area (TPSA) is 18.5 Å². The quantitative estimate of drug-likeness (QED) is 0.751. The van der Waals surface area contributed by atoms with Crippen LogP contribution in [-0.4, -0.2) is 6.79 Å². The van der Waals surface area contributed by atoms with Gasteiger partial charge in [0.1, 0.15) is 0 Å². The van der Waals surface area contributed by atoms with E-state index in [1.54, 1.807) is 0 Å². The van der Waals surface area contributed by atoms with E-state index < -0.39 is 0 Å². The predicted molar refractivity (Wildman–Crippen MR) is 68.1 cm³/mol. The summed E-state index contributed by atoms with van der Waals surface area (Å²) in [4.78, 5) is 0. The number of hydrogen-bond acceptors (Lipinski definition) is 2. The van der Waals surface area contributed by atoms with Crippen molar-refractivity contribution in [1.82, 2.24) is 0 Å². The van der Waals surface area contributed by atoms with Crippen molar-refractivity contribution in [2.24, 2.45) is 0 Å². The van der Waals surface area contributed by atoms with Crippen LogP contribution in [0.4, 0.5) is 0 Å². The minimum atomic E-state index is 0.340. The smallest absolute Gasteiger partial charge is 0.231 e. The molecule has 0 fully saturated rings. The van der Waals surface area contributed by atoms with Crippen molar-refractivity contribution in [1.29, 1.82) is 0 Å². The second-order valence-electron chi connectivity index (χ2n) is 4.08. The van der Waals surface area contributed by atoms with Crippen LogP contribution in [0.5, 0.6) is 11.5 Å². The van der Waals surface area contributed by atoms with Crippen molar-refractivity contribution in [2.75, 3.05) is 6.79 Å². The Labute approximate surface area is 105 Å². The molecule has 0 radical (unpaired) electrons. The van der Waals surface area contributed by atoms with Crippen molar-refractivity contribution in [3.05, 3.63) is 22.2 Å². The Hall–Kier alpha value is -0.700. The van der Waals surface area contributed by atoms with Gasteiger partial charge in [0.25, 0.3) is 0 Å². The molecule has 16 heavy (non-hydrogen) atoms. The van der Waals surface area contributed by atoms with Crippen LogP contribution in [0, 0.1) is 0 Å². The number of hydrogen-bond donors (Lipinski definition) is 0. The third-order valence-electron chi connectivity index (χ3n) is 2.86. The van der Waals surface area contributed by atoms with Crippen LogP contribution in [0.1, 0.15) is 38.2 Å². The molecule has 0 bridgehead atoms. The Kier molecular flexibility index (Phi) is 4.10. The molecule has 1 aromatic carbocycles. The second-order valence-corrected chi connectivity index (χ2v) is 4.88. The number of ether oxygens (including phenoxy) is 2. The maximum Gasteiger partial charge on any atom is 0.231 e. The van der Waals surface area contributed by atoms with Crippen molar-refractivity contribution < 1.29 is 9.47 Å². The van der Waals surface area contributed by atoms with E-state index in [4.69, 9.17) is 9.47 Å². The highest BCUT2D eigenvalue weighted by atomic mass is 79.9. The van der Waals surface area contributed by atoms with Gasteiger partial charge in [0.05, 0.1) is 4.47 Å². The summed E-state index contributed by atoms with van der Waals surface area (Å²) in [5, 5.41) is 0. The van der Waals surface area contributed by atoms with Gasteiger partial charge in [0, 0.05) is 0 Å². The van der Waals surface area contributed by atoms with Gasteiger partial charge in [0.2, 0.25) is 6.79 Å². The van der Waals surface area contributed by atoms with E-state index in [-0.39, 0.29) is 0 Å². The van der Waals surface area contributed by atoms with Crippen LogP contribution >= 0.6 is 15.9 Å². The van der Waals surface area contributed by atoms with Gasteiger partial charge in [-0.1, -0.05) is 32.3 Å². The fraction of sp³-hybridized carbons (Fsp3) is 0.538. The van der Waals surface area contributed by atoms with Crippen LogP contribution < -0.4 is 9.47 Å². The fourth-order valence-corrected chi connectivity index (χ4v) is 2.55. The van der Waals surface area contributed by atoms with Crippen molar-refractivity contribution in [2.45, 2.75) is 39.0 Å². The molecule has 0 saturated carbocycles. The first-order valence-corrected chi connectivity index (χ1v) is 6.69. The van der Waals surface area contributed by atoms with Crippen molar-refractivity contribution in [3.63, 3.8) is 0 Å². The third-order valence-corrected chi connectivity index (χ3v) is 3.73. The number of fused-ring (bicyclic) bond motifs is 1. The summed E-state index contributed by atoms with van der Waals surface area (Å²) in [7, 11) is 0. The summed E-state index contributed by atoms with van der Waals surface area (Å²) in [5.41, 5.74) is 1.32. The lowest BCUT2D eigenvalue weighted by Gasteiger charge is -2.06. The van der Waals surface area contributed by atoms with E-state index in [0.717, 1.165) is 22.4 Å². The molecular weight excluding hydrogens is 268 g/mol. The minimum absolute atomic E-state index is 0.340. The summed E-state index contributed by atoms with van der Waals surface area (Å²) < 4.78 is 11.8. The lowest BCUT2D eigenvalue weighted by atomic mass is 10.1. The summed E-state index contributed by atoms with van der Waals surface area (Å²) >= 11 is 3.60. The van der Waals surface area contributed by atoms with Gasteiger partial charge in [-0.3, -0.25) is 0 Å². The zero-order valence-corrected chi connectivity index (χ0v) is 11.2. The highest BCUT2D eigenvalue weighted by Gasteiger charge is 2.18. The molecule has 0 amide bonds. The molecule has 1 heterocycles. The van der Waals surface area contributed by atoms with E-state index >= 15 is 0 Å². The molecule has 2 rings (SSSR count). The molecule has 0 saturated heterocycles. The summed E-state index contributed by atoms with van der Waals surface area (Å²) in [6.45, 7) is 2.57. The largest absolute Gasteiger partial charge is 0.454 e. The molecule has 2 nitrogen and oxygen atoms in total. The molecule has 0 unspecified atom stereocenters. The summed E-state index contributed by atoms with van der Waals surface area (Å²) in [6.07, 6.45) is 6.26. The van der Waals surface area contributed by atoms with Crippen molar-refractivity contribution >= 4 is 15.9 Å². The van der Waals surface area contributed by atoms with Gasteiger partial charge in [-0.05, 0) is 40.4 Å². The second kappa shape index (κ2) is 5.58. The fourth-order valence-electron chi connectivity index (χ4n) is 1.91. The first-order chi connectivity index (χ1) is 7.83. The van der Waals surface area contributed by atoms with Crippen LogP contribution in [0.3, 0.4) is 0 Å². The molecule has 0 spiro atoms. The number of benzene rings is 1. The molecule has 88 valence electrons. The Morgan fingerprint density at radius 2 is 2.06 bits per heavy atom. The van der Waals surface area contributed by atoms with Gasteiger partial charge >= 0.3 is 0 Å². The molecule has 3 heteroatoms. The zero-order valence-electron chi connectivity index (χ0n) is 9.59. The average Bonchev–Trinajstić information content (AvgIpc) is 2.76. The Bertz CT molecular complexity index is 363. The van der Waals surface area contributed by atoms with Gasteiger partial charge in [-0.25, -0.2) is 0 Å². The summed E-state index contributed by atoms with van der Waals surface area (Å²) in [6, 6.07) is 4.13. The standard InChI is InChI=1S/C13H17BrO2/c1-2-3-4-5-6-10-7-8-11-13(12(10)14)16-9-15-11/h7-8H,2-6,9H2,1H3. The first kappa shape index (κ1) is 11.8. The van der Waals surface area contributed by atoms with Gasteiger partial charge in [-0.15, -0.1) is 0 Å². The number of aryl methyl sites for hydroxylation is 1. The highest BCUT2D eigenvalue weighted by molar-refractivity contribution is 9.10. The highest BCUT2D eigenvalue weighted by Crippen LogP contribution is 2.41. The van der Waals surface area contributed by atoms with Gasteiger partial charge in [-0.2, -0.15) is 0 Å². The number of halogens is 1. The Morgan fingerprint density at radius 1 is 1.19 bits per heavy atom. The summed E-state index contributed by atoms with van der Waals surface area (Å²) in [5.74, 6) is 1.72. The zero-order chi connectivity index (χ0) is 11.4. The van der Waals surface area contributed by atoms with Crippen LogP contribution in [-0.2, 0) is 6.42 Å². The molecule has 0 aliphatic carbocycles. The molecule has 0 atom stereocenters. The van der Waals surface area contributed by atoms with Crippen LogP contribution in [0.15, 0.2) is 16.6 Å². The number of rotatable bonds is 5. The minimum Gasteiger partial charge on any atom is -0.454 e. The molecule has 0 aromatic heterocycles. The van der Waals surface area contributed by atoms with E-state index in [9.17, 15) is 0 Å². The van der Waals surface area contributed by atoms with Gasteiger partial charge in [0.15, 0.2) is 11.5 Å². The predicted octanol–water partition coefficient (Wildman–Crippen LogP) is 4.30. The van der Waals surface area contributed by atoms with E-state index in [1.807, 2.05) is 6.07 Å². The maximum absolute atomic E-state index is 5.43.